The third-order valence-electron chi connectivity index (χ3n) is 10.2. The van der Waals surface area contributed by atoms with E-state index in [1.807, 2.05) is 18.2 Å². The van der Waals surface area contributed by atoms with E-state index in [0.717, 1.165) is 43.3 Å². The van der Waals surface area contributed by atoms with Crippen molar-refractivity contribution in [2.45, 2.75) is 175 Å². The van der Waals surface area contributed by atoms with Crippen LogP contribution in [-0.4, -0.2) is 53.6 Å². The van der Waals surface area contributed by atoms with E-state index in [1.165, 1.54) is 0 Å². The Morgan fingerprint density at radius 3 is 1.96 bits per heavy atom. The molecular formula is C41H75NO6Si2. The van der Waals surface area contributed by atoms with Gasteiger partial charge in [-0.15, -0.1) is 13.2 Å². The van der Waals surface area contributed by atoms with Crippen LogP contribution in [0.2, 0.25) is 36.3 Å². The molecule has 0 rings (SSSR count). The number of esters is 1. The second-order valence-electron chi connectivity index (χ2n) is 17.0. The van der Waals surface area contributed by atoms with Gasteiger partial charge >= 0.3 is 12.1 Å². The molecule has 4 atom stereocenters. The largest absolute Gasteiger partial charge is 0.461 e. The van der Waals surface area contributed by atoms with Gasteiger partial charge in [-0.2, -0.15) is 0 Å². The van der Waals surface area contributed by atoms with Crippen LogP contribution in [0.4, 0.5) is 4.79 Å². The molecule has 1 amide bonds. The first kappa shape index (κ1) is 47.8. The Morgan fingerprint density at radius 1 is 0.820 bits per heavy atom. The van der Waals surface area contributed by atoms with Gasteiger partial charge < -0.3 is 24.1 Å². The van der Waals surface area contributed by atoms with Crippen LogP contribution in [0.5, 0.6) is 0 Å². The Hall–Kier alpha value is -2.21. The van der Waals surface area contributed by atoms with Gasteiger partial charge in [-0.05, 0) is 82.2 Å². The predicted octanol–water partition coefficient (Wildman–Crippen LogP) is 11.7. The van der Waals surface area contributed by atoms with Gasteiger partial charge in [-0.25, -0.2) is 4.79 Å². The molecule has 9 heteroatoms. The molecule has 0 radical (unpaired) electrons. The summed E-state index contributed by atoms with van der Waals surface area (Å²) >= 11 is 0. The highest BCUT2D eigenvalue weighted by molar-refractivity contribution is 6.74. The van der Waals surface area contributed by atoms with Gasteiger partial charge in [0.25, 0.3) is 0 Å². The minimum Gasteiger partial charge on any atom is -0.461 e. The first-order valence-corrected chi connectivity index (χ1v) is 24.5. The molecule has 288 valence electrons. The molecule has 0 heterocycles. The Balaban J connectivity index is 5.70. The van der Waals surface area contributed by atoms with E-state index in [0.29, 0.717) is 32.3 Å². The number of rotatable bonds is 24. The van der Waals surface area contributed by atoms with Crippen molar-refractivity contribution in [3.05, 3.63) is 60.8 Å². The molecule has 0 spiro atoms. The van der Waals surface area contributed by atoms with Crippen LogP contribution in [0, 0.1) is 5.92 Å². The minimum atomic E-state index is -2.13. The lowest BCUT2D eigenvalue weighted by atomic mass is 9.95. The van der Waals surface area contributed by atoms with Gasteiger partial charge in [0, 0.05) is 18.8 Å². The molecule has 0 saturated carbocycles. The van der Waals surface area contributed by atoms with Crippen molar-refractivity contribution >= 4 is 28.7 Å². The van der Waals surface area contributed by atoms with E-state index >= 15 is 0 Å². The Labute approximate surface area is 309 Å². The van der Waals surface area contributed by atoms with Crippen LogP contribution < -0.4 is 5.73 Å². The molecule has 7 nitrogen and oxygen atoms in total. The average molecular weight is 734 g/mol. The number of hydrogen-bond acceptors (Lipinski definition) is 6. The standard InChI is InChI=1S/C41H75NO6Si2/c1-16-18-19-20-21-25-28-38(43)46-37(34(5)29-33(4)31-45-49(12,13)40(6,7)8)30-32(3)26-23-22-24-27-36(47-39(42)44)35(17-2)48-50(14,15)41(9,10)11/h16-17,22-23,26,29,34-37H,1-2,18-21,24-25,27-28,30-31H2,3-15H3,(H2,42,44)/b23-22+,32-26+,33-29+/t34-,35+,36+,37-/m1/s1. The molecule has 0 aromatic heterocycles. The van der Waals surface area contributed by atoms with Crippen molar-refractivity contribution in [2.24, 2.45) is 11.7 Å². The summed E-state index contributed by atoms with van der Waals surface area (Å²) in [5.74, 6) is -0.125. The van der Waals surface area contributed by atoms with Crippen molar-refractivity contribution in [1.29, 1.82) is 0 Å². The van der Waals surface area contributed by atoms with Crippen LogP contribution in [0.1, 0.15) is 120 Å². The number of carbonyl (C=O) groups excluding carboxylic acids is 2. The first-order chi connectivity index (χ1) is 23.0. The number of nitrogens with two attached hydrogens (primary N) is 1. The van der Waals surface area contributed by atoms with Gasteiger partial charge in [0.05, 0.1) is 6.61 Å². The second-order valence-corrected chi connectivity index (χ2v) is 26.5. The number of carbonyl (C=O) groups is 2. The topological polar surface area (TPSA) is 97.1 Å². The maximum atomic E-state index is 13.0. The zero-order valence-electron chi connectivity index (χ0n) is 34.3. The van der Waals surface area contributed by atoms with Crippen molar-refractivity contribution < 1.29 is 27.9 Å². The molecule has 0 fully saturated rings. The van der Waals surface area contributed by atoms with Crippen LogP contribution >= 0.6 is 0 Å². The van der Waals surface area contributed by atoms with Crippen LogP contribution in [0.3, 0.4) is 0 Å². The fourth-order valence-electron chi connectivity index (χ4n) is 4.80. The summed E-state index contributed by atoms with van der Waals surface area (Å²) in [6.07, 6.45) is 17.2. The quantitative estimate of drug-likeness (QED) is 0.0349. The van der Waals surface area contributed by atoms with E-state index < -0.39 is 34.9 Å². The summed E-state index contributed by atoms with van der Waals surface area (Å²) in [7, 11) is -4.01. The number of amides is 1. The van der Waals surface area contributed by atoms with Gasteiger partial charge in [-0.1, -0.05) is 109 Å². The molecule has 0 saturated heterocycles. The summed E-state index contributed by atoms with van der Waals surface area (Å²) in [6.45, 7) is 36.7. The SMILES string of the molecule is C=CCCCCCCC(=O)O[C@H](C/C(C)=C/C=C/CC[C@H](OC(N)=O)[C@H](C=C)O[Si](C)(C)C(C)(C)C)[C@H](C)/C=C(\C)CO[Si](C)(C)C(C)(C)C. The van der Waals surface area contributed by atoms with Crippen LogP contribution in [-0.2, 0) is 23.1 Å². The highest BCUT2D eigenvalue weighted by Gasteiger charge is 2.41. The minimum absolute atomic E-state index is 0.00424. The van der Waals surface area contributed by atoms with Crippen LogP contribution in [0.15, 0.2) is 60.8 Å². The molecule has 0 bridgehead atoms. The number of hydrogen-bond donors (Lipinski definition) is 1. The number of allylic oxidation sites excluding steroid dienone is 4. The van der Waals surface area contributed by atoms with Crippen LogP contribution in [0.25, 0.3) is 0 Å². The average Bonchev–Trinajstić information content (AvgIpc) is 2.98. The smallest absolute Gasteiger partial charge is 0.404 e. The lowest BCUT2D eigenvalue weighted by Gasteiger charge is -2.40. The number of ether oxygens (including phenoxy) is 2. The summed E-state index contributed by atoms with van der Waals surface area (Å²) in [5, 5.41) is 0.134. The maximum Gasteiger partial charge on any atom is 0.404 e. The molecule has 0 aliphatic carbocycles. The highest BCUT2D eigenvalue weighted by atomic mass is 28.4. The molecule has 0 aliphatic heterocycles. The van der Waals surface area contributed by atoms with Crippen molar-refractivity contribution in [3.8, 4) is 0 Å². The molecule has 50 heavy (non-hydrogen) atoms. The molecule has 0 aromatic rings. The Bertz CT molecular complexity index is 1140. The van der Waals surface area contributed by atoms with E-state index in [-0.39, 0.29) is 28.1 Å². The second kappa shape index (κ2) is 22.7. The zero-order chi connectivity index (χ0) is 38.8. The Morgan fingerprint density at radius 2 is 1.42 bits per heavy atom. The van der Waals surface area contributed by atoms with E-state index in [9.17, 15) is 9.59 Å². The van der Waals surface area contributed by atoms with Gasteiger partial charge in [0.1, 0.15) is 18.3 Å². The monoisotopic (exact) mass is 734 g/mol. The fraction of sp³-hybridized carbons (Fsp3) is 0.707. The lowest BCUT2D eigenvalue weighted by Crippen LogP contribution is -2.47. The molecule has 0 aliphatic rings. The first-order valence-electron chi connectivity index (χ1n) is 18.7. The van der Waals surface area contributed by atoms with Gasteiger partial charge in [0.15, 0.2) is 16.6 Å². The number of primary amides is 1. The summed E-state index contributed by atoms with van der Waals surface area (Å²) in [6, 6.07) is 0. The molecule has 0 unspecified atom stereocenters. The highest BCUT2D eigenvalue weighted by Crippen LogP contribution is 2.38. The van der Waals surface area contributed by atoms with E-state index in [4.69, 9.17) is 24.1 Å². The molecule has 0 aromatic carbocycles. The Kier molecular flexibility index (Phi) is 21.7. The lowest BCUT2D eigenvalue weighted by molar-refractivity contribution is -0.150. The third kappa shape index (κ3) is 19.4. The predicted molar refractivity (Wildman–Crippen MR) is 217 cm³/mol. The number of unbranched alkanes of at least 4 members (excludes halogenated alkanes) is 4. The van der Waals surface area contributed by atoms with Crippen molar-refractivity contribution in [1.82, 2.24) is 0 Å². The fourth-order valence-corrected chi connectivity index (χ4v) is 7.10. The van der Waals surface area contributed by atoms with Gasteiger partial charge in [-0.3, -0.25) is 4.79 Å². The zero-order valence-corrected chi connectivity index (χ0v) is 36.3. The van der Waals surface area contributed by atoms with E-state index in [2.05, 4.69) is 114 Å². The summed E-state index contributed by atoms with van der Waals surface area (Å²) < 4.78 is 24.6. The normalized spacial score (nSPS) is 16.1. The third-order valence-corrected chi connectivity index (χ3v) is 19.1. The van der Waals surface area contributed by atoms with Crippen molar-refractivity contribution in [2.75, 3.05) is 6.61 Å². The van der Waals surface area contributed by atoms with Gasteiger partial charge in [0.2, 0.25) is 0 Å². The molecular weight excluding hydrogens is 659 g/mol. The van der Waals surface area contributed by atoms with Crippen molar-refractivity contribution in [3.63, 3.8) is 0 Å². The summed E-state index contributed by atoms with van der Waals surface area (Å²) in [4.78, 5) is 24.7. The maximum absolute atomic E-state index is 13.0. The van der Waals surface area contributed by atoms with E-state index in [1.54, 1.807) is 6.08 Å². The summed E-state index contributed by atoms with van der Waals surface area (Å²) in [5.41, 5.74) is 7.68. The molecule has 2 N–H and O–H groups in total.